The highest BCUT2D eigenvalue weighted by molar-refractivity contribution is 9.09. The van der Waals surface area contributed by atoms with Gasteiger partial charge in [0.15, 0.2) is 11.4 Å². The molecule has 1 aromatic heterocycles. The lowest BCUT2D eigenvalue weighted by molar-refractivity contribution is 0.102. The molecule has 0 radical (unpaired) electrons. The van der Waals surface area contributed by atoms with Crippen LogP contribution in [0.25, 0.3) is 11.1 Å². The number of Topliss-reactive ketones (excluding diaryl/α,β-unsaturated/α-hetero) is 1. The molecule has 0 N–H and O–H groups in total. The van der Waals surface area contributed by atoms with Gasteiger partial charge >= 0.3 is 0 Å². The maximum atomic E-state index is 11.6. The first-order valence-electron chi connectivity index (χ1n) is 4.29. The third-order valence-electron chi connectivity index (χ3n) is 2.00. The van der Waals surface area contributed by atoms with Crippen LogP contribution in [0, 0.1) is 0 Å². The zero-order chi connectivity index (χ0) is 10.8. The fourth-order valence-electron chi connectivity index (χ4n) is 1.31. The smallest absolute Gasteiger partial charge is 0.256 e. The van der Waals surface area contributed by atoms with E-state index in [9.17, 15) is 4.79 Å². The van der Waals surface area contributed by atoms with Crippen LogP contribution in [0.15, 0.2) is 27.8 Å². The quantitative estimate of drug-likeness (QED) is 0.494. The van der Waals surface area contributed by atoms with Gasteiger partial charge in [-0.05, 0) is 18.4 Å². The summed E-state index contributed by atoms with van der Waals surface area (Å²) in [5, 5.41) is 0.882. The minimum Gasteiger partial charge on any atom is -0.431 e. The molecular weight excluding hydrogens is 278 g/mol. The molecule has 0 spiro atoms. The summed E-state index contributed by atoms with van der Waals surface area (Å²) in [5.74, 6) is 0.0153. The van der Waals surface area contributed by atoms with Crippen LogP contribution in [0.3, 0.4) is 0 Å². The molecule has 0 atom stereocenters. The minimum absolute atomic E-state index is 0.0153. The number of hydrogen-bond acceptors (Lipinski definition) is 4. The summed E-state index contributed by atoms with van der Waals surface area (Å²) in [6, 6.07) is 5.37. The van der Waals surface area contributed by atoms with Gasteiger partial charge in [-0.15, -0.1) is 0 Å². The molecule has 1 aromatic carbocycles. The molecule has 78 valence electrons. The van der Waals surface area contributed by atoms with E-state index in [0.29, 0.717) is 27.2 Å². The van der Waals surface area contributed by atoms with Crippen LogP contribution in [-0.2, 0) is 0 Å². The summed E-state index contributed by atoms with van der Waals surface area (Å²) in [7, 11) is 0. The van der Waals surface area contributed by atoms with E-state index in [4.69, 9.17) is 4.42 Å². The van der Waals surface area contributed by atoms with E-state index < -0.39 is 0 Å². The van der Waals surface area contributed by atoms with Crippen LogP contribution in [0.4, 0.5) is 0 Å². The van der Waals surface area contributed by atoms with E-state index in [-0.39, 0.29) is 5.78 Å². The summed E-state index contributed by atoms with van der Waals surface area (Å²) >= 11 is 4.57. The zero-order valence-corrected chi connectivity index (χ0v) is 10.4. The number of fused-ring (bicyclic) bond motifs is 1. The number of alkyl halides is 1. The summed E-state index contributed by atoms with van der Waals surface area (Å²) < 4.78 is 5.44. The van der Waals surface area contributed by atoms with Gasteiger partial charge in [0.1, 0.15) is 5.52 Å². The van der Waals surface area contributed by atoms with Crippen molar-refractivity contribution in [3.63, 3.8) is 0 Å². The second-order valence-electron chi connectivity index (χ2n) is 2.89. The zero-order valence-electron chi connectivity index (χ0n) is 7.99. The summed E-state index contributed by atoms with van der Waals surface area (Å²) in [6.07, 6.45) is 1.89. The fraction of sp³-hybridized carbons (Fsp3) is 0.200. The number of halogens is 1. The standard InChI is InChI=1S/C10H8BrNO2S/c1-15-10-12-9-6(7(13)5-11)3-2-4-8(9)14-10/h2-4H,5H2,1H3. The van der Waals surface area contributed by atoms with E-state index >= 15 is 0 Å². The molecule has 0 bridgehead atoms. The SMILES string of the molecule is CSc1nc2c(C(=O)CBr)cccc2o1. The summed E-state index contributed by atoms with van der Waals surface area (Å²) in [5.41, 5.74) is 1.91. The normalized spacial score (nSPS) is 10.8. The second-order valence-corrected chi connectivity index (χ2v) is 4.21. The third-order valence-corrected chi connectivity index (χ3v) is 3.03. The fourth-order valence-corrected chi connectivity index (χ4v) is 1.97. The summed E-state index contributed by atoms with van der Waals surface area (Å²) in [4.78, 5) is 15.8. The molecule has 0 aliphatic carbocycles. The Morgan fingerprint density at radius 1 is 1.60 bits per heavy atom. The van der Waals surface area contributed by atoms with Crippen molar-refractivity contribution in [3.05, 3.63) is 23.8 Å². The van der Waals surface area contributed by atoms with Gasteiger partial charge in [-0.25, -0.2) is 4.98 Å². The highest BCUT2D eigenvalue weighted by Crippen LogP contribution is 2.24. The number of carbonyl (C=O) groups is 1. The van der Waals surface area contributed by atoms with Crippen molar-refractivity contribution >= 4 is 44.6 Å². The molecule has 0 saturated heterocycles. The Hall–Kier alpha value is -0.810. The van der Waals surface area contributed by atoms with Crippen molar-refractivity contribution in [1.82, 2.24) is 4.98 Å². The number of hydrogen-bond donors (Lipinski definition) is 0. The largest absolute Gasteiger partial charge is 0.431 e. The maximum absolute atomic E-state index is 11.6. The number of ketones is 1. The van der Waals surface area contributed by atoms with E-state index in [2.05, 4.69) is 20.9 Å². The number of benzene rings is 1. The van der Waals surface area contributed by atoms with Crippen molar-refractivity contribution in [1.29, 1.82) is 0 Å². The van der Waals surface area contributed by atoms with Crippen LogP contribution in [0.5, 0.6) is 0 Å². The van der Waals surface area contributed by atoms with Crippen molar-refractivity contribution in [2.75, 3.05) is 11.6 Å². The Morgan fingerprint density at radius 2 is 2.40 bits per heavy atom. The molecule has 2 rings (SSSR count). The monoisotopic (exact) mass is 285 g/mol. The number of rotatable bonds is 3. The van der Waals surface area contributed by atoms with Gasteiger partial charge in [0.2, 0.25) is 0 Å². The average molecular weight is 286 g/mol. The Labute approximate surface area is 99.4 Å². The van der Waals surface area contributed by atoms with Crippen LogP contribution in [0.1, 0.15) is 10.4 Å². The third kappa shape index (κ3) is 1.94. The van der Waals surface area contributed by atoms with Gasteiger partial charge in [0, 0.05) is 5.56 Å². The molecule has 0 aliphatic heterocycles. The first kappa shape index (κ1) is 10.7. The van der Waals surface area contributed by atoms with Crippen molar-refractivity contribution in [2.24, 2.45) is 0 Å². The van der Waals surface area contributed by atoms with E-state index in [0.717, 1.165) is 0 Å². The Kier molecular flexibility index (Phi) is 3.11. The highest BCUT2D eigenvalue weighted by atomic mass is 79.9. The molecule has 0 unspecified atom stereocenters. The molecular formula is C10H8BrNO2S. The molecule has 0 fully saturated rings. The molecule has 3 nitrogen and oxygen atoms in total. The molecule has 0 aliphatic rings. The van der Waals surface area contributed by atoms with Crippen LogP contribution in [0.2, 0.25) is 0 Å². The van der Waals surface area contributed by atoms with Gasteiger partial charge in [0.05, 0.1) is 5.33 Å². The Balaban J connectivity index is 2.64. The van der Waals surface area contributed by atoms with Crippen LogP contribution < -0.4 is 0 Å². The minimum atomic E-state index is 0.0153. The molecule has 15 heavy (non-hydrogen) atoms. The number of para-hydroxylation sites is 1. The number of oxazole rings is 1. The highest BCUT2D eigenvalue weighted by Gasteiger charge is 2.13. The van der Waals surface area contributed by atoms with Gasteiger partial charge in [-0.3, -0.25) is 4.79 Å². The second kappa shape index (κ2) is 4.37. The first-order chi connectivity index (χ1) is 7.26. The van der Waals surface area contributed by atoms with Gasteiger partial charge in [-0.2, -0.15) is 0 Å². The molecule has 1 heterocycles. The van der Waals surface area contributed by atoms with Crippen molar-refractivity contribution in [3.8, 4) is 0 Å². The predicted molar refractivity (Wildman–Crippen MR) is 63.9 cm³/mol. The lowest BCUT2D eigenvalue weighted by Crippen LogP contribution is -2.00. The van der Waals surface area contributed by atoms with E-state index in [1.165, 1.54) is 11.8 Å². The van der Waals surface area contributed by atoms with E-state index in [1.54, 1.807) is 12.1 Å². The molecule has 0 amide bonds. The summed E-state index contributed by atoms with van der Waals surface area (Å²) in [6.45, 7) is 0. The molecule has 5 heteroatoms. The number of carbonyl (C=O) groups excluding carboxylic acids is 1. The molecule has 0 saturated carbocycles. The number of thioether (sulfide) groups is 1. The number of aromatic nitrogens is 1. The van der Waals surface area contributed by atoms with Gasteiger partial charge < -0.3 is 4.42 Å². The van der Waals surface area contributed by atoms with Crippen molar-refractivity contribution < 1.29 is 9.21 Å². The average Bonchev–Trinajstić information content (AvgIpc) is 2.70. The predicted octanol–water partition coefficient (Wildman–Crippen LogP) is 3.13. The van der Waals surface area contributed by atoms with Crippen molar-refractivity contribution in [2.45, 2.75) is 5.22 Å². The van der Waals surface area contributed by atoms with Crippen LogP contribution >= 0.6 is 27.7 Å². The Morgan fingerprint density at radius 3 is 3.07 bits per heavy atom. The van der Waals surface area contributed by atoms with Crippen LogP contribution in [-0.4, -0.2) is 22.4 Å². The molecule has 2 aromatic rings. The lowest BCUT2D eigenvalue weighted by Gasteiger charge is -1.95. The van der Waals surface area contributed by atoms with E-state index in [1.807, 2.05) is 12.3 Å². The Bertz CT molecular complexity index is 509. The topological polar surface area (TPSA) is 43.1 Å². The first-order valence-corrected chi connectivity index (χ1v) is 6.63. The van der Waals surface area contributed by atoms with Gasteiger partial charge in [-0.1, -0.05) is 33.8 Å². The lowest BCUT2D eigenvalue weighted by atomic mass is 10.1. The maximum Gasteiger partial charge on any atom is 0.256 e. The number of nitrogens with zero attached hydrogens (tertiary/aromatic N) is 1. The van der Waals surface area contributed by atoms with Gasteiger partial charge in [0.25, 0.3) is 5.22 Å².